The summed E-state index contributed by atoms with van der Waals surface area (Å²) in [6, 6.07) is 16.4. The van der Waals surface area contributed by atoms with E-state index in [2.05, 4.69) is 68.1 Å². The summed E-state index contributed by atoms with van der Waals surface area (Å²) in [4.78, 5) is 16.5. The molecule has 2 unspecified atom stereocenters. The van der Waals surface area contributed by atoms with Crippen molar-refractivity contribution < 1.29 is 4.79 Å². The molecule has 0 radical (unpaired) electrons. The van der Waals surface area contributed by atoms with Crippen LogP contribution in [0.4, 0.5) is 0 Å². The molecule has 0 N–H and O–H groups in total. The summed E-state index contributed by atoms with van der Waals surface area (Å²) in [5.41, 5.74) is 6.24. The topological polar surface area (TPSA) is 20.3 Å². The molecule has 2 aliphatic rings. The van der Waals surface area contributed by atoms with Gasteiger partial charge in [0.25, 0.3) is 0 Å². The van der Waals surface area contributed by atoms with Gasteiger partial charge < -0.3 is 0 Å². The van der Waals surface area contributed by atoms with Crippen molar-refractivity contribution in [2.24, 2.45) is 5.92 Å². The zero-order valence-corrected chi connectivity index (χ0v) is 18.3. The SMILES string of the molecule is CCc1cc(C)cc(CC)c1C(=O)C1CC2CCCC(C1)N2Cc1ccccc1. The van der Waals surface area contributed by atoms with Crippen LogP contribution in [0.5, 0.6) is 0 Å². The second-order valence-corrected chi connectivity index (χ2v) is 9.09. The van der Waals surface area contributed by atoms with Crippen molar-refractivity contribution in [2.75, 3.05) is 0 Å². The van der Waals surface area contributed by atoms with Gasteiger partial charge in [0.05, 0.1) is 0 Å². The Kier molecular flexibility index (Phi) is 6.20. The van der Waals surface area contributed by atoms with Gasteiger partial charge in [0.2, 0.25) is 0 Å². The minimum absolute atomic E-state index is 0.190. The van der Waals surface area contributed by atoms with Crippen LogP contribution in [0, 0.1) is 12.8 Å². The number of Topliss-reactive ketones (excluding diaryl/α,β-unsaturated/α-hetero) is 1. The van der Waals surface area contributed by atoms with Crippen LogP contribution in [0.2, 0.25) is 0 Å². The molecule has 0 aliphatic carbocycles. The van der Waals surface area contributed by atoms with Crippen molar-refractivity contribution in [3.8, 4) is 0 Å². The van der Waals surface area contributed by atoms with E-state index in [9.17, 15) is 4.79 Å². The second kappa shape index (κ2) is 8.83. The summed E-state index contributed by atoms with van der Waals surface area (Å²) >= 11 is 0. The van der Waals surface area contributed by atoms with Crippen LogP contribution in [-0.4, -0.2) is 22.8 Å². The Labute approximate surface area is 176 Å². The number of ketones is 1. The molecule has 0 amide bonds. The van der Waals surface area contributed by atoms with E-state index in [1.54, 1.807) is 0 Å². The number of hydrogen-bond donors (Lipinski definition) is 0. The van der Waals surface area contributed by atoms with Gasteiger partial charge in [0.1, 0.15) is 0 Å². The van der Waals surface area contributed by atoms with Gasteiger partial charge in [-0.05, 0) is 62.1 Å². The van der Waals surface area contributed by atoms with E-state index >= 15 is 0 Å². The van der Waals surface area contributed by atoms with Crippen molar-refractivity contribution in [1.29, 1.82) is 0 Å². The highest BCUT2D eigenvalue weighted by Crippen LogP contribution is 2.40. The normalized spacial score (nSPS) is 24.4. The van der Waals surface area contributed by atoms with Crippen LogP contribution < -0.4 is 0 Å². The van der Waals surface area contributed by atoms with E-state index in [-0.39, 0.29) is 5.92 Å². The number of aryl methyl sites for hydroxylation is 3. The average molecular weight is 390 g/mol. The highest BCUT2D eigenvalue weighted by atomic mass is 16.1. The number of fused-ring (bicyclic) bond motifs is 2. The maximum Gasteiger partial charge on any atom is 0.166 e. The standard InChI is InChI=1S/C27H35NO/c1-4-21-14-19(3)15-22(5-2)26(21)27(29)23-16-24-12-9-13-25(17-23)28(24)18-20-10-7-6-8-11-20/h6-8,10-11,14-15,23-25H,4-5,9,12-13,16-18H2,1-3H3. The summed E-state index contributed by atoms with van der Waals surface area (Å²) in [7, 11) is 0. The quantitative estimate of drug-likeness (QED) is 0.553. The lowest BCUT2D eigenvalue weighted by molar-refractivity contribution is 0.00901. The Morgan fingerprint density at radius 2 is 1.55 bits per heavy atom. The predicted octanol–water partition coefficient (Wildman–Crippen LogP) is 6.14. The lowest BCUT2D eigenvalue weighted by atomic mass is 9.74. The van der Waals surface area contributed by atoms with Crippen molar-refractivity contribution >= 4 is 5.78 Å². The van der Waals surface area contributed by atoms with E-state index < -0.39 is 0 Å². The van der Waals surface area contributed by atoms with Gasteiger partial charge in [-0.1, -0.05) is 68.3 Å². The summed E-state index contributed by atoms with van der Waals surface area (Å²) in [5, 5.41) is 0. The first-order valence-electron chi connectivity index (χ1n) is 11.6. The molecule has 2 aromatic rings. The van der Waals surface area contributed by atoms with Gasteiger partial charge in [0, 0.05) is 30.1 Å². The Morgan fingerprint density at radius 1 is 0.966 bits per heavy atom. The van der Waals surface area contributed by atoms with Gasteiger partial charge in [0.15, 0.2) is 5.78 Å². The largest absolute Gasteiger partial charge is 0.294 e. The zero-order chi connectivity index (χ0) is 20.4. The van der Waals surface area contributed by atoms with E-state index in [0.29, 0.717) is 17.9 Å². The summed E-state index contributed by atoms with van der Waals surface area (Å²) in [5.74, 6) is 0.616. The molecular weight excluding hydrogens is 354 g/mol. The highest BCUT2D eigenvalue weighted by Gasteiger charge is 2.41. The molecule has 2 bridgehead atoms. The van der Waals surface area contributed by atoms with E-state index in [4.69, 9.17) is 0 Å². The van der Waals surface area contributed by atoms with Crippen LogP contribution in [0.25, 0.3) is 0 Å². The van der Waals surface area contributed by atoms with Gasteiger partial charge >= 0.3 is 0 Å². The number of rotatable bonds is 6. The predicted molar refractivity (Wildman–Crippen MR) is 120 cm³/mol. The Hall–Kier alpha value is -1.93. The van der Waals surface area contributed by atoms with Crippen molar-refractivity contribution in [1.82, 2.24) is 4.90 Å². The summed E-state index contributed by atoms with van der Waals surface area (Å²) < 4.78 is 0. The van der Waals surface area contributed by atoms with Gasteiger partial charge in [-0.25, -0.2) is 0 Å². The molecule has 2 heteroatoms. The number of piperidine rings is 2. The molecule has 2 aliphatic heterocycles. The van der Waals surface area contributed by atoms with Crippen molar-refractivity contribution in [2.45, 2.75) is 84.3 Å². The van der Waals surface area contributed by atoms with E-state index in [1.807, 2.05) is 0 Å². The zero-order valence-electron chi connectivity index (χ0n) is 18.3. The lowest BCUT2D eigenvalue weighted by Gasteiger charge is -2.48. The number of carbonyl (C=O) groups excluding carboxylic acids is 1. The van der Waals surface area contributed by atoms with E-state index in [0.717, 1.165) is 37.8 Å². The Bertz CT molecular complexity index is 817. The first-order valence-corrected chi connectivity index (χ1v) is 11.6. The second-order valence-electron chi connectivity index (χ2n) is 9.09. The molecule has 2 aromatic carbocycles. The third-order valence-electron chi connectivity index (χ3n) is 7.16. The lowest BCUT2D eigenvalue weighted by Crippen LogP contribution is -2.52. The first kappa shape index (κ1) is 20.3. The maximum absolute atomic E-state index is 13.7. The number of hydrogen-bond acceptors (Lipinski definition) is 2. The van der Waals surface area contributed by atoms with Crippen LogP contribution in [-0.2, 0) is 19.4 Å². The van der Waals surface area contributed by atoms with Crippen LogP contribution in [0.15, 0.2) is 42.5 Å². The molecule has 4 rings (SSSR count). The fourth-order valence-electron chi connectivity index (χ4n) is 5.77. The Morgan fingerprint density at radius 3 is 2.10 bits per heavy atom. The molecule has 2 nitrogen and oxygen atoms in total. The van der Waals surface area contributed by atoms with Crippen LogP contribution in [0.1, 0.15) is 78.6 Å². The average Bonchev–Trinajstić information content (AvgIpc) is 2.73. The third-order valence-corrected chi connectivity index (χ3v) is 7.16. The summed E-state index contributed by atoms with van der Waals surface area (Å²) in [6.45, 7) is 7.55. The Balaban J connectivity index is 1.57. The molecule has 0 aromatic heterocycles. The smallest absolute Gasteiger partial charge is 0.166 e. The number of nitrogens with zero attached hydrogens (tertiary/aromatic N) is 1. The van der Waals surface area contributed by atoms with Crippen molar-refractivity contribution in [3.63, 3.8) is 0 Å². The minimum Gasteiger partial charge on any atom is -0.294 e. The fourth-order valence-corrected chi connectivity index (χ4v) is 5.77. The number of benzene rings is 2. The molecule has 0 saturated carbocycles. The molecule has 2 fully saturated rings. The number of carbonyl (C=O) groups is 1. The molecule has 0 spiro atoms. The maximum atomic E-state index is 13.7. The minimum atomic E-state index is 0.190. The van der Waals surface area contributed by atoms with Crippen molar-refractivity contribution in [3.05, 3.63) is 70.3 Å². The molecule has 2 saturated heterocycles. The molecule has 2 atom stereocenters. The summed E-state index contributed by atoms with van der Waals surface area (Å²) in [6.07, 6.45) is 7.73. The van der Waals surface area contributed by atoms with Gasteiger partial charge in [-0.3, -0.25) is 9.69 Å². The fraction of sp³-hybridized carbons (Fsp3) is 0.519. The van der Waals surface area contributed by atoms with Gasteiger partial charge in [-0.15, -0.1) is 0 Å². The molecule has 154 valence electrons. The third kappa shape index (κ3) is 4.19. The van der Waals surface area contributed by atoms with E-state index in [1.165, 1.54) is 41.5 Å². The van der Waals surface area contributed by atoms with Gasteiger partial charge in [-0.2, -0.15) is 0 Å². The highest BCUT2D eigenvalue weighted by molar-refractivity contribution is 6.00. The molecule has 29 heavy (non-hydrogen) atoms. The molecular formula is C27H35NO. The molecule has 2 heterocycles. The van der Waals surface area contributed by atoms with Crippen LogP contribution >= 0.6 is 0 Å². The monoisotopic (exact) mass is 389 g/mol. The first-order chi connectivity index (χ1) is 14.1. The van der Waals surface area contributed by atoms with Crippen LogP contribution in [0.3, 0.4) is 0 Å².